The molecular weight excluding hydrogens is 330 g/mol. The molecule has 0 saturated heterocycles. The van der Waals surface area contributed by atoms with Crippen LogP contribution in [-0.2, 0) is 6.54 Å². The lowest BCUT2D eigenvalue weighted by molar-refractivity contribution is 0.0946. The second kappa shape index (κ2) is 7.14. The highest BCUT2D eigenvalue weighted by atomic mass is 35.5. The van der Waals surface area contributed by atoms with E-state index in [2.05, 4.69) is 15.5 Å². The first-order valence-electron chi connectivity index (χ1n) is 7.17. The van der Waals surface area contributed by atoms with E-state index in [9.17, 15) is 4.79 Å². The summed E-state index contributed by atoms with van der Waals surface area (Å²) in [6.45, 7) is 0.119. The Morgan fingerprint density at radius 2 is 2.08 bits per heavy atom. The summed E-state index contributed by atoms with van der Waals surface area (Å²) in [4.78, 5) is 16.4. The van der Waals surface area contributed by atoms with Gasteiger partial charge >= 0.3 is 0 Å². The first-order chi connectivity index (χ1) is 11.7. The maximum Gasteiger partial charge on any atom is 0.251 e. The molecule has 3 aromatic rings. The third-order valence-corrected chi connectivity index (χ3v) is 3.64. The minimum absolute atomic E-state index is 0.119. The van der Waals surface area contributed by atoms with Gasteiger partial charge in [-0.3, -0.25) is 4.79 Å². The topological polar surface area (TPSA) is 77.2 Å². The van der Waals surface area contributed by atoms with Crippen molar-refractivity contribution in [3.63, 3.8) is 0 Å². The molecule has 1 amide bonds. The van der Waals surface area contributed by atoms with Crippen LogP contribution in [-0.4, -0.2) is 23.2 Å². The molecule has 0 bridgehead atoms. The number of amides is 1. The third kappa shape index (κ3) is 3.55. The third-order valence-electron chi connectivity index (χ3n) is 3.31. The van der Waals surface area contributed by atoms with Crippen molar-refractivity contribution in [2.45, 2.75) is 6.54 Å². The van der Waals surface area contributed by atoms with Crippen LogP contribution in [0.2, 0.25) is 5.02 Å². The molecule has 0 aliphatic heterocycles. The second-order valence-electron chi connectivity index (χ2n) is 4.91. The number of benzene rings is 2. The summed E-state index contributed by atoms with van der Waals surface area (Å²) < 4.78 is 10.2. The summed E-state index contributed by atoms with van der Waals surface area (Å²) in [5, 5.41) is 7.14. The molecule has 0 aliphatic carbocycles. The predicted molar refractivity (Wildman–Crippen MR) is 88.9 cm³/mol. The summed E-state index contributed by atoms with van der Waals surface area (Å²) in [5.41, 5.74) is 1.16. The Bertz CT molecular complexity index is 864. The Kier molecular flexibility index (Phi) is 4.77. The minimum Gasteiger partial charge on any atom is -0.497 e. The number of nitrogens with zero attached hydrogens (tertiary/aromatic N) is 2. The quantitative estimate of drug-likeness (QED) is 0.768. The zero-order chi connectivity index (χ0) is 16.9. The standard InChI is InChI=1S/C17H14ClN3O3/c1-23-12-6-4-5-11(9-12)17(22)19-10-15-20-16(21-24-15)13-7-2-3-8-14(13)18/h2-9H,10H2,1H3,(H,19,22). The van der Waals surface area contributed by atoms with E-state index < -0.39 is 0 Å². The lowest BCUT2D eigenvalue weighted by Crippen LogP contribution is -2.22. The Labute approximate surface area is 143 Å². The van der Waals surface area contributed by atoms with Crippen LogP contribution in [0.5, 0.6) is 5.75 Å². The monoisotopic (exact) mass is 343 g/mol. The summed E-state index contributed by atoms with van der Waals surface area (Å²) >= 11 is 6.10. The average molecular weight is 344 g/mol. The van der Waals surface area contributed by atoms with Gasteiger partial charge in [-0.05, 0) is 30.3 Å². The van der Waals surface area contributed by atoms with Gasteiger partial charge in [0.1, 0.15) is 5.75 Å². The zero-order valence-corrected chi connectivity index (χ0v) is 13.6. The number of aromatic nitrogens is 2. The fraction of sp³-hybridized carbons (Fsp3) is 0.118. The molecule has 24 heavy (non-hydrogen) atoms. The Balaban J connectivity index is 1.67. The lowest BCUT2D eigenvalue weighted by Gasteiger charge is -2.04. The van der Waals surface area contributed by atoms with Crippen LogP contribution < -0.4 is 10.1 Å². The van der Waals surface area contributed by atoms with Gasteiger partial charge in [0.25, 0.3) is 5.91 Å². The molecule has 122 valence electrons. The molecule has 1 N–H and O–H groups in total. The van der Waals surface area contributed by atoms with E-state index in [4.69, 9.17) is 20.9 Å². The molecule has 0 fully saturated rings. The van der Waals surface area contributed by atoms with Crippen LogP contribution in [0.15, 0.2) is 53.1 Å². The average Bonchev–Trinajstić information content (AvgIpc) is 3.09. The number of carbonyl (C=O) groups excluding carboxylic acids is 1. The smallest absolute Gasteiger partial charge is 0.251 e. The van der Waals surface area contributed by atoms with Crippen LogP contribution in [0, 0.1) is 0 Å². The van der Waals surface area contributed by atoms with Crippen LogP contribution in [0.1, 0.15) is 16.2 Å². The SMILES string of the molecule is COc1cccc(C(=O)NCc2nc(-c3ccccc3Cl)no2)c1. The molecule has 0 unspecified atom stereocenters. The molecule has 7 heteroatoms. The number of halogens is 1. The number of ether oxygens (including phenoxy) is 1. The number of rotatable bonds is 5. The molecule has 0 radical (unpaired) electrons. The lowest BCUT2D eigenvalue weighted by atomic mass is 10.2. The first kappa shape index (κ1) is 16.0. The maximum absolute atomic E-state index is 12.1. The normalized spacial score (nSPS) is 10.4. The highest BCUT2D eigenvalue weighted by Crippen LogP contribution is 2.24. The van der Waals surface area contributed by atoms with E-state index in [1.165, 1.54) is 0 Å². The van der Waals surface area contributed by atoms with Crippen molar-refractivity contribution in [1.82, 2.24) is 15.5 Å². The van der Waals surface area contributed by atoms with E-state index in [-0.39, 0.29) is 12.5 Å². The van der Waals surface area contributed by atoms with Gasteiger partial charge < -0.3 is 14.6 Å². The van der Waals surface area contributed by atoms with Gasteiger partial charge in [0.2, 0.25) is 11.7 Å². The van der Waals surface area contributed by atoms with Gasteiger partial charge in [-0.2, -0.15) is 4.98 Å². The van der Waals surface area contributed by atoms with E-state index in [1.807, 2.05) is 12.1 Å². The van der Waals surface area contributed by atoms with Gasteiger partial charge in [0.15, 0.2) is 0 Å². The molecule has 3 rings (SSSR count). The van der Waals surface area contributed by atoms with Crippen LogP contribution in [0.4, 0.5) is 0 Å². The molecule has 0 saturated carbocycles. The molecule has 0 aliphatic rings. The van der Waals surface area contributed by atoms with Gasteiger partial charge in [0, 0.05) is 11.1 Å². The first-order valence-corrected chi connectivity index (χ1v) is 7.55. The fourth-order valence-electron chi connectivity index (χ4n) is 2.10. The van der Waals surface area contributed by atoms with Crippen LogP contribution >= 0.6 is 11.6 Å². The molecule has 0 atom stereocenters. The summed E-state index contributed by atoms with van der Waals surface area (Å²) in [7, 11) is 1.55. The molecule has 6 nitrogen and oxygen atoms in total. The van der Waals surface area contributed by atoms with Gasteiger partial charge in [-0.15, -0.1) is 0 Å². The van der Waals surface area contributed by atoms with Crippen molar-refractivity contribution in [3.05, 3.63) is 65.0 Å². The molecule has 1 aromatic heterocycles. The van der Waals surface area contributed by atoms with Crippen molar-refractivity contribution in [2.75, 3.05) is 7.11 Å². The van der Waals surface area contributed by atoms with Crippen molar-refractivity contribution >= 4 is 17.5 Å². The number of methoxy groups -OCH3 is 1. The van der Waals surface area contributed by atoms with Crippen molar-refractivity contribution in [2.24, 2.45) is 0 Å². The largest absolute Gasteiger partial charge is 0.497 e. The molecule has 0 spiro atoms. The zero-order valence-electron chi connectivity index (χ0n) is 12.8. The Hall–Kier alpha value is -2.86. The molecule has 1 heterocycles. The van der Waals surface area contributed by atoms with E-state index in [0.29, 0.717) is 33.6 Å². The molecular formula is C17H14ClN3O3. The number of nitrogens with one attached hydrogen (secondary N) is 1. The highest BCUT2D eigenvalue weighted by molar-refractivity contribution is 6.33. The summed E-state index contributed by atoms with van der Waals surface area (Å²) in [6.07, 6.45) is 0. The van der Waals surface area contributed by atoms with E-state index in [1.54, 1.807) is 43.5 Å². The number of carbonyl (C=O) groups is 1. The minimum atomic E-state index is -0.258. The highest BCUT2D eigenvalue weighted by Gasteiger charge is 2.13. The van der Waals surface area contributed by atoms with Gasteiger partial charge in [-0.25, -0.2) is 0 Å². The Morgan fingerprint density at radius 3 is 2.88 bits per heavy atom. The Morgan fingerprint density at radius 1 is 1.25 bits per heavy atom. The summed E-state index contributed by atoms with van der Waals surface area (Å²) in [6, 6.07) is 14.1. The number of hydrogen-bond acceptors (Lipinski definition) is 5. The van der Waals surface area contributed by atoms with Gasteiger partial charge in [0.05, 0.1) is 18.7 Å². The van der Waals surface area contributed by atoms with Gasteiger partial charge in [-0.1, -0.05) is 35.0 Å². The predicted octanol–water partition coefficient (Wildman–Crippen LogP) is 3.33. The van der Waals surface area contributed by atoms with Crippen molar-refractivity contribution < 1.29 is 14.1 Å². The van der Waals surface area contributed by atoms with E-state index in [0.717, 1.165) is 0 Å². The van der Waals surface area contributed by atoms with Crippen molar-refractivity contribution in [3.8, 4) is 17.1 Å². The van der Waals surface area contributed by atoms with Crippen LogP contribution in [0.25, 0.3) is 11.4 Å². The summed E-state index contributed by atoms with van der Waals surface area (Å²) in [5.74, 6) is 1.03. The maximum atomic E-state index is 12.1. The van der Waals surface area contributed by atoms with E-state index >= 15 is 0 Å². The number of hydrogen-bond donors (Lipinski definition) is 1. The second-order valence-corrected chi connectivity index (χ2v) is 5.31. The molecule has 2 aromatic carbocycles. The van der Waals surface area contributed by atoms with Crippen LogP contribution in [0.3, 0.4) is 0 Å². The van der Waals surface area contributed by atoms with Crippen molar-refractivity contribution in [1.29, 1.82) is 0 Å². The fourth-order valence-corrected chi connectivity index (χ4v) is 2.32.